The van der Waals surface area contributed by atoms with Crippen LogP contribution in [0.5, 0.6) is 5.75 Å². The molecule has 0 saturated heterocycles. The maximum Gasteiger partial charge on any atom is 0.137 e. The van der Waals surface area contributed by atoms with E-state index in [1.54, 1.807) is 6.20 Å². The highest BCUT2D eigenvalue weighted by molar-refractivity contribution is 9.08. The molecule has 3 heteroatoms. The van der Waals surface area contributed by atoms with Gasteiger partial charge in [0.05, 0.1) is 18.5 Å². The molecule has 0 radical (unpaired) electrons. The summed E-state index contributed by atoms with van der Waals surface area (Å²) in [6.07, 6.45) is 1.76. The van der Waals surface area contributed by atoms with Gasteiger partial charge in [-0.1, -0.05) is 29.8 Å². The Hall–Kier alpha value is -0.570. The standard InChI is InChI=1S/C10H14BrNO/c1-8(2)7-13-10-4-3-9(5-11)12-6-10/h3-4,6,8H,5,7H2,1-2H3. The number of hydrogen-bond donors (Lipinski definition) is 0. The second-order valence-corrected chi connectivity index (χ2v) is 3.88. The maximum absolute atomic E-state index is 5.49. The fourth-order valence-corrected chi connectivity index (χ4v) is 1.17. The van der Waals surface area contributed by atoms with Gasteiger partial charge in [0.25, 0.3) is 0 Å². The summed E-state index contributed by atoms with van der Waals surface area (Å²) >= 11 is 3.34. The number of ether oxygens (including phenoxy) is 1. The van der Waals surface area contributed by atoms with Gasteiger partial charge in [-0.3, -0.25) is 4.98 Å². The van der Waals surface area contributed by atoms with E-state index >= 15 is 0 Å². The first kappa shape index (κ1) is 10.5. The van der Waals surface area contributed by atoms with Crippen LogP contribution in [0.1, 0.15) is 19.5 Å². The Morgan fingerprint density at radius 3 is 2.69 bits per heavy atom. The Morgan fingerprint density at radius 1 is 1.46 bits per heavy atom. The van der Waals surface area contributed by atoms with E-state index in [-0.39, 0.29) is 0 Å². The second kappa shape index (κ2) is 5.22. The monoisotopic (exact) mass is 243 g/mol. The van der Waals surface area contributed by atoms with Crippen LogP contribution in [0.3, 0.4) is 0 Å². The summed E-state index contributed by atoms with van der Waals surface area (Å²) in [5.41, 5.74) is 1.02. The Kier molecular flexibility index (Phi) is 4.22. The molecular formula is C10H14BrNO. The maximum atomic E-state index is 5.49. The minimum Gasteiger partial charge on any atom is -0.492 e. The van der Waals surface area contributed by atoms with Crippen LogP contribution in [0.2, 0.25) is 0 Å². The second-order valence-electron chi connectivity index (χ2n) is 3.32. The number of rotatable bonds is 4. The highest BCUT2D eigenvalue weighted by Crippen LogP contribution is 2.11. The molecule has 1 aromatic rings. The highest BCUT2D eigenvalue weighted by Gasteiger charge is 1.97. The third-order valence-electron chi connectivity index (χ3n) is 1.52. The van der Waals surface area contributed by atoms with Gasteiger partial charge in [0.1, 0.15) is 5.75 Å². The zero-order valence-corrected chi connectivity index (χ0v) is 9.54. The zero-order valence-electron chi connectivity index (χ0n) is 7.96. The zero-order chi connectivity index (χ0) is 9.68. The highest BCUT2D eigenvalue weighted by atomic mass is 79.9. The molecule has 0 aliphatic heterocycles. The molecule has 72 valence electrons. The summed E-state index contributed by atoms with van der Waals surface area (Å²) in [5.74, 6) is 1.40. The normalized spacial score (nSPS) is 10.5. The number of nitrogens with zero attached hydrogens (tertiary/aromatic N) is 1. The number of hydrogen-bond acceptors (Lipinski definition) is 2. The van der Waals surface area contributed by atoms with Crippen molar-refractivity contribution in [2.24, 2.45) is 5.92 Å². The van der Waals surface area contributed by atoms with Gasteiger partial charge in [-0.15, -0.1) is 0 Å². The van der Waals surface area contributed by atoms with Crippen molar-refractivity contribution in [3.05, 3.63) is 24.0 Å². The summed E-state index contributed by atoms with van der Waals surface area (Å²) in [6.45, 7) is 5.00. The molecule has 1 heterocycles. The van der Waals surface area contributed by atoms with E-state index in [0.717, 1.165) is 23.4 Å². The lowest BCUT2D eigenvalue weighted by Gasteiger charge is -2.07. The summed E-state index contributed by atoms with van der Waals surface area (Å²) in [6, 6.07) is 3.91. The van der Waals surface area contributed by atoms with Crippen molar-refractivity contribution in [1.82, 2.24) is 4.98 Å². The summed E-state index contributed by atoms with van der Waals surface area (Å²) < 4.78 is 5.49. The number of aromatic nitrogens is 1. The van der Waals surface area contributed by atoms with E-state index in [0.29, 0.717) is 5.92 Å². The molecule has 0 aliphatic rings. The van der Waals surface area contributed by atoms with Crippen LogP contribution in [-0.4, -0.2) is 11.6 Å². The molecule has 0 amide bonds. The van der Waals surface area contributed by atoms with E-state index in [2.05, 4.69) is 34.8 Å². The number of pyridine rings is 1. The Balaban J connectivity index is 2.49. The molecule has 1 aromatic heterocycles. The topological polar surface area (TPSA) is 22.1 Å². The summed E-state index contributed by atoms with van der Waals surface area (Å²) in [4.78, 5) is 4.20. The Morgan fingerprint density at radius 2 is 2.23 bits per heavy atom. The molecule has 0 bridgehead atoms. The Bertz CT molecular complexity index is 246. The van der Waals surface area contributed by atoms with Crippen LogP contribution in [0, 0.1) is 5.92 Å². The van der Waals surface area contributed by atoms with Crippen LogP contribution in [0.15, 0.2) is 18.3 Å². The predicted molar refractivity (Wildman–Crippen MR) is 57.2 cm³/mol. The van der Waals surface area contributed by atoms with Gasteiger partial charge in [-0.05, 0) is 18.1 Å². The number of alkyl halides is 1. The van der Waals surface area contributed by atoms with Gasteiger partial charge in [0.15, 0.2) is 0 Å². The van der Waals surface area contributed by atoms with Gasteiger partial charge in [0, 0.05) is 5.33 Å². The van der Waals surface area contributed by atoms with Crippen molar-refractivity contribution >= 4 is 15.9 Å². The van der Waals surface area contributed by atoms with Crippen molar-refractivity contribution in [3.8, 4) is 5.75 Å². The smallest absolute Gasteiger partial charge is 0.137 e. The fraction of sp³-hybridized carbons (Fsp3) is 0.500. The third kappa shape index (κ3) is 3.77. The molecule has 0 spiro atoms. The SMILES string of the molecule is CC(C)COc1ccc(CBr)nc1. The first-order valence-corrected chi connectivity index (χ1v) is 5.48. The van der Waals surface area contributed by atoms with E-state index in [1.165, 1.54) is 0 Å². The fourth-order valence-electron chi connectivity index (χ4n) is 0.838. The first-order valence-electron chi connectivity index (χ1n) is 4.36. The largest absolute Gasteiger partial charge is 0.492 e. The van der Waals surface area contributed by atoms with Crippen molar-refractivity contribution < 1.29 is 4.74 Å². The average Bonchev–Trinajstić information content (AvgIpc) is 2.15. The molecular weight excluding hydrogens is 230 g/mol. The molecule has 0 aliphatic carbocycles. The average molecular weight is 244 g/mol. The lowest BCUT2D eigenvalue weighted by Crippen LogP contribution is -2.04. The van der Waals surface area contributed by atoms with Gasteiger partial charge < -0.3 is 4.74 Å². The molecule has 0 aromatic carbocycles. The third-order valence-corrected chi connectivity index (χ3v) is 2.09. The van der Waals surface area contributed by atoms with E-state index in [4.69, 9.17) is 4.74 Å². The lowest BCUT2D eigenvalue weighted by atomic mass is 10.2. The molecule has 1 rings (SSSR count). The molecule has 0 atom stereocenters. The molecule has 0 N–H and O–H groups in total. The van der Waals surface area contributed by atoms with Crippen molar-refractivity contribution in [2.45, 2.75) is 19.2 Å². The molecule has 0 fully saturated rings. The summed E-state index contributed by atoms with van der Waals surface area (Å²) in [7, 11) is 0. The van der Waals surface area contributed by atoms with Crippen LogP contribution < -0.4 is 4.74 Å². The van der Waals surface area contributed by atoms with Crippen LogP contribution >= 0.6 is 15.9 Å². The van der Waals surface area contributed by atoms with Gasteiger partial charge in [-0.25, -0.2) is 0 Å². The molecule has 0 unspecified atom stereocenters. The van der Waals surface area contributed by atoms with Gasteiger partial charge >= 0.3 is 0 Å². The van der Waals surface area contributed by atoms with E-state index in [9.17, 15) is 0 Å². The van der Waals surface area contributed by atoms with E-state index in [1.807, 2.05) is 12.1 Å². The van der Waals surface area contributed by atoms with E-state index < -0.39 is 0 Å². The van der Waals surface area contributed by atoms with Crippen molar-refractivity contribution in [1.29, 1.82) is 0 Å². The van der Waals surface area contributed by atoms with Crippen LogP contribution in [0.4, 0.5) is 0 Å². The predicted octanol–water partition coefficient (Wildman–Crippen LogP) is 3.01. The first-order chi connectivity index (χ1) is 6.22. The minimum atomic E-state index is 0.552. The minimum absolute atomic E-state index is 0.552. The molecule has 2 nitrogen and oxygen atoms in total. The van der Waals surface area contributed by atoms with Crippen LogP contribution in [-0.2, 0) is 5.33 Å². The molecule has 0 saturated carbocycles. The summed E-state index contributed by atoms with van der Waals surface area (Å²) in [5, 5.41) is 0.789. The number of halogens is 1. The lowest BCUT2D eigenvalue weighted by molar-refractivity contribution is 0.270. The van der Waals surface area contributed by atoms with Crippen LogP contribution in [0.25, 0.3) is 0 Å². The molecule has 13 heavy (non-hydrogen) atoms. The van der Waals surface area contributed by atoms with Gasteiger partial charge in [0.2, 0.25) is 0 Å². The van der Waals surface area contributed by atoms with Crippen molar-refractivity contribution in [2.75, 3.05) is 6.61 Å². The van der Waals surface area contributed by atoms with Crippen molar-refractivity contribution in [3.63, 3.8) is 0 Å². The van der Waals surface area contributed by atoms with Gasteiger partial charge in [-0.2, -0.15) is 0 Å². The Labute approximate surface area is 87.5 Å². The quantitative estimate of drug-likeness (QED) is 0.759.